The van der Waals surface area contributed by atoms with E-state index in [1.54, 1.807) is 0 Å². The fraction of sp³-hybridized carbons (Fsp3) is 1.00. The Morgan fingerprint density at radius 2 is 2.07 bits per heavy atom. The van der Waals surface area contributed by atoms with E-state index < -0.39 is 0 Å². The summed E-state index contributed by atoms with van der Waals surface area (Å²) in [5.74, 6) is 2.84. The molecule has 3 unspecified atom stereocenters. The number of hydrogen-bond donors (Lipinski definition) is 1. The van der Waals surface area contributed by atoms with Gasteiger partial charge in [-0.2, -0.15) is 12.6 Å². The van der Waals surface area contributed by atoms with E-state index in [9.17, 15) is 0 Å². The van der Waals surface area contributed by atoms with Crippen LogP contribution in [0.1, 0.15) is 39.0 Å². The van der Waals surface area contributed by atoms with Gasteiger partial charge in [0.25, 0.3) is 0 Å². The zero-order valence-electron chi connectivity index (χ0n) is 9.28. The smallest absolute Gasteiger partial charge is 0.0124 e. The highest BCUT2D eigenvalue weighted by molar-refractivity contribution is 7.80. The van der Waals surface area contributed by atoms with Crippen LogP contribution in [0.5, 0.6) is 0 Å². The number of rotatable bonds is 3. The van der Waals surface area contributed by atoms with Gasteiger partial charge in [0, 0.05) is 12.6 Å². The molecule has 0 N–H and O–H groups in total. The molecule has 14 heavy (non-hydrogen) atoms. The summed E-state index contributed by atoms with van der Waals surface area (Å²) in [7, 11) is 0. The molecule has 2 fully saturated rings. The predicted molar refractivity (Wildman–Crippen MR) is 65.0 cm³/mol. The van der Waals surface area contributed by atoms with Gasteiger partial charge in [-0.15, -0.1) is 0 Å². The first-order chi connectivity index (χ1) is 6.81. The summed E-state index contributed by atoms with van der Waals surface area (Å²) in [6, 6.07) is 0.936. The van der Waals surface area contributed by atoms with E-state index in [0.717, 1.165) is 23.6 Å². The lowest BCUT2D eigenvalue weighted by Crippen LogP contribution is -2.44. The van der Waals surface area contributed by atoms with Crippen LogP contribution in [-0.2, 0) is 0 Å². The monoisotopic (exact) mass is 213 g/mol. The van der Waals surface area contributed by atoms with E-state index in [2.05, 4.69) is 24.5 Å². The fourth-order valence-corrected chi connectivity index (χ4v) is 3.36. The largest absolute Gasteiger partial charge is 0.300 e. The van der Waals surface area contributed by atoms with Gasteiger partial charge >= 0.3 is 0 Å². The summed E-state index contributed by atoms with van der Waals surface area (Å²) in [6.45, 7) is 4.95. The molecule has 3 atom stereocenters. The Bertz CT molecular complexity index is 183. The first kappa shape index (κ1) is 10.8. The number of likely N-dealkylation sites (tertiary alicyclic amines) is 1. The van der Waals surface area contributed by atoms with Crippen molar-refractivity contribution in [2.24, 2.45) is 11.8 Å². The van der Waals surface area contributed by atoms with Crippen molar-refractivity contribution in [1.82, 2.24) is 4.90 Å². The van der Waals surface area contributed by atoms with Gasteiger partial charge in [0.2, 0.25) is 0 Å². The zero-order chi connectivity index (χ0) is 9.97. The van der Waals surface area contributed by atoms with E-state index in [4.69, 9.17) is 0 Å². The molecule has 0 spiro atoms. The third-order valence-electron chi connectivity index (χ3n) is 3.97. The van der Waals surface area contributed by atoms with Crippen molar-refractivity contribution in [2.45, 2.75) is 45.1 Å². The van der Waals surface area contributed by atoms with Gasteiger partial charge < -0.3 is 0 Å². The molecule has 1 heterocycles. The Kier molecular flexibility index (Phi) is 3.78. The molecule has 0 aromatic heterocycles. The van der Waals surface area contributed by atoms with Crippen molar-refractivity contribution in [3.05, 3.63) is 0 Å². The van der Waals surface area contributed by atoms with E-state index in [0.29, 0.717) is 0 Å². The van der Waals surface area contributed by atoms with E-state index in [1.807, 2.05) is 0 Å². The Hall–Kier alpha value is 0.310. The van der Waals surface area contributed by atoms with Crippen LogP contribution in [0.15, 0.2) is 0 Å². The molecular formula is C12H23NS. The second-order valence-corrected chi connectivity index (χ2v) is 5.55. The minimum absolute atomic E-state index is 0.762. The van der Waals surface area contributed by atoms with Crippen LogP contribution in [0.3, 0.4) is 0 Å². The number of fused-ring (bicyclic) bond motifs is 1. The number of nitrogens with zero attached hydrogens (tertiary/aromatic N) is 1. The van der Waals surface area contributed by atoms with Crippen molar-refractivity contribution in [1.29, 1.82) is 0 Å². The summed E-state index contributed by atoms with van der Waals surface area (Å²) in [5.41, 5.74) is 0. The first-order valence-electron chi connectivity index (χ1n) is 6.16. The summed E-state index contributed by atoms with van der Waals surface area (Å²) < 4.78 is 0. The second kappa shape index (κ2) is 4.89. The standard InChI is InChI=1S/C12H23NS/c1-10(9-14)8-13-7-3-5-11-4-2-6-12(11)13/h10-12,14H,2-9H2,1H3. The van der Waals surface area contributed by atoms with E-state index >= 15 is 0 Å². The van der Waals surface area contributed by atoms with Gasteiger partial charge in [-0.3, -0.25) is 4.90 Å². The minimum atomic E-state index is 0.762. The van der Waals surface area contributed by atoms with Crippen LogP contribution in [-0.4, -0.2) is 29.8 Å². The lowest BCUT2D eigenvalue weighted by Gasteiger charge is -2.39. The third kappa shape index (κ3) is 2.27. The summed E-state index contributed by atoms with van der Waals surface area (Å²) in [4.78, 5) is 2.75. The highest BCUT2D eigenvalue weighted by atomic mass is 32.1. The minimum Gasteiger partial charge on any atom is -0.300 e. The lowest BCUT2D eigenvalue weighted by atomic mass is 9.91. The van der Waals surface area contributed by atoms with E-state index in [-0.39, 0.29) is 0 Å². The molecule has 1 saturated heterocycles. The molecule has 0 aromatic carbocycles. The Labute approximate surface area is 93.7 Å². The van der Waals surface area contributed by atoms with Gasteiger partial charge in [-0.1, -0.05) is 13.3 Å². The van der Waals surface area contributed by atoms with Crippen molar-refractivity contribution < 1.29 is 0 Å². The molecule has 0 radical (unpaired) electrons. The second-order valence-electron chi connectivity index (χ2n) is 5.18. The zero-order valence-corrected chi connectivity index (χ0v) is 10.2. The number of piperidine rings is 1. The molecular weight excluding hydrogens is 190 g/mol. The average Bonchev–Trinajstić information content (AvgIpc) is 2.66. The van der Waals surface area contributed by atoms with Crippen LogP contribution in [0.25, 0.3) is 0 Å². The maximum absolute atomic E-state index is 4.39. The SMILES string of the molecule is CC(CS)CN1CCCC2CCCC21. The topological polar surface area (TPSA) is 3.24 Å². The van der Waals surface area contributed by atoms with Crippen LogP contribution < -0.4 is 0 Å². The Balaban J connectivity index is 1.90. The number of thiol groups is 1. The predicted octanol–water partition coefficient (Wildman–Crippen LogP) is 2.82. The molecule has 0 bridgehead atoms. The highest BCUT2D eigenvalue weighted by Crippen LogP contribution is 2.36. The first-order valence-corrected chi connectivity index (χ1v) is 6.79. The van der Waals surface area contributed by atoms with Crippen molar-refractivity contribution >= 4 is 12.6 Å². The van der Waals surface area contributed by atoms with Gasteiger partial charge in [0.1, 0.15) is 0 Å². The van der Waals surface area contributed by atoms with Gasteiger partial charge in [-0.25, -0.2) is 0 Å². The molecule has 1 saturated carbocycles. The summed E-state index contributed by atoms with van der Waals surface area (Å²) in [6.07, 6.45) is 7.36. The van der Waals surface area contributed by atoms with Crippen molar-refractivity contribution in [3.8, 4) is 0 Å². The van der Waals surface area contributed by atoms with Crippen LogP contribution in [0, 0.1) is 11.8 Å². The molecule has 2 rings (SSSR count). The fourth-order valence-electron chi connectivity index (χ4n) is 3.24. The molecule has 1 nitrogen and oxygen atoms in total. The molecule has 0 amide bonds. The van der Waals surface area contributed by atoms with Gasteiger partial charge in [0.15, 0.2) is 0 Å². The molecule has 1 aliphatic carbocycles. The van der Waals surface area contributed by atoms with E-state index in [1.165, 1.54) is 45.2 Å². The van der Waals surface area contributed by atoms with Crippen LogP contribution in [0.4, 0.5) is 0 Å². The van der Waals surface area contributed by atoms with Crippen LogP contribution in [0.2, 0.25) is 0 Å². The molecule has 2 aliphatic rings. The summed E-state index contributed by atoms with van der Waals surface area (Å²) in [5, 5.41) is 0. The normalized spacial score (nSPS) is 35.6. The van der Waals surface area contributed by atoms with Gasteiger partial charge in [-0.05, 0) is 49.8 Å². The number of hydrogen-bond acceptors (Lipinski definition) is 2. The Morgan fingerprint density at radius 3 is 2.86 bits per heavy atom. The highest BCUT2D eigenvalue weighted by Gasteiger charge is 2.34. The maximum atomic E-state index is 4.39. The third-order valence-corrected chi connectivity index (χ3v) is 4.59. The molecule has 0 aromatic rings. The molecule has 2 heteroatoms. The molecule has 82 valence electrons. The van der Waals surface area contributed by atoms with Gasteiger partial charge in [0.05, 0.1) is 0 Å². The quantitative estimate of drug-likeness (QED) is 0.706. The lowest BCUT2D eigenvalue weighted by molar-refractivity contribution is 0.101. The van der Waals surface area contributed by atoms with Crippen molar-refractivity contribution in [2.75, 3.05) is 18.8 Å². The average molecular weight is 213 g/mol. The maximum Gasteiger partial charge on any atom is 0.0124 e. The van der Waals surface area contributed by atoms with Crippen LogP contribution >= 0.6 is 12.6 Å². The summed E-state index contributed by atoms with van der Waals surface area (Å²) >= 11 is 4.39. The van der Waals surface area contributed by atoms with Crippen molar-refractivity contribution in [3.63, 3.8) is 0 Å². The Morgan fingerprint density at radius 1 is 1.29 bits per heavy atom. The molecule has 1 aliphatic heterocycles.